The van der Waals surface area contributed by atoms with Crippen molar-refractivity contribution in [3.63, 3.8) is 0 Å². The standard InChI is InChI=1S/C45H56N10O6/c56-40(17-13-33-9-7-21-46-30-33)48-23-5-3-8-32-19-24-54(25-20-32)45(61)37-14-16-39(51-50-37)52-26-28-53(29-27-52)42(58)12-2-1-4-22-47-36-11-6-10-34-35(36)31-55(44(34)60)38-15-18-41(57)49-43(38)59/h6-7,9-11,13-14,16-17,21,30,32,38,47H,1-5,8,12,15,18-20,22-29,31H2,(H,48,56)(H,49,57,59)/b17-13+. The fourth-order valence-corrected chi connectivity index (χ4v) is 8.57. The zero-order valence-electron chi connectivity index (χ0n) is 34.7. The normalized spacial score (nSPS) is 18.4. The van der Waals surface area contributed by atoms with Gasteiger partial charge in [-0.1, -0.05) is 31.4 Å². The molecule has 7 rings (SSSR count). The molecule has 1 aromatic carbocycles. The summed E-state index contributed by atoms with van der Waals surface area (Å²) in [5.74, 6) is 0.294. The smallest absolute Gasteiger partial charge is 0.274 e. The van der Waals surface area contributed by atoms with Crippen molar-refractivity contribution in [2.24, 2.45) is 5.92 Å². The minimum absolute atomic E-state index is 0.0933. The second kappa shape index (κ2) is 20.9. The number of pyridine rings is 1. The maximum atomic E-state index is 13.2. The first-order chi connectivity index (χ1) is 29.7. The van der Waals surface area contributed by atoms with Crippen LogP contribution in [-0.4, -0.2) is 124 Å². The largest absolute Gasteiger partial charge is 0.385 e. The summed E-state index contributed by atoms with van der Waals surface area (Å²) in [6.45, 7) is 5.54. The highest BCUT2D eigenvalue weighted by Crippen LogP contribution is 2.32. The Morgan fingerprint density at radius 1 is 0.820 bits per heavy atom. The minimum atomic E-state index is -0.645. The fourth-order valence-electron chi connectivity index (χ4n) is 8.57. The van der Waals surface area contributed by atoms with E-state index in [1.54, 1.807) is 35.5 Å². The lowest BCUT2D eigenvalue weighted by Crippen LogP contribution is -2.52. The van der Waals surface area contributed by atoms with Gasteiger partial charge in [-0.2, -0.15) is 0 Å². The molecule has 0 aliphatic carbocycles. The number of rotatable bonds is 17. The van der Waals surface area contributed by atoms with Crippen molar-refractivity contribution in [2.75, 3.05) is 62.6 Å². The maximum absolute atomic E-state index is 13.2. The molecule has 4 aliphatic rings. The zero-order valence-corrected chi connectivity index (χ0v) is 34.7. The minimum Gasteiger partial charge on any atom is -0.385 e. The number of likely N-dealkylation sites (tertiary alicyclic amines) is 1. The summed E-state index contributed by atoms with van der Waals surface area (Å²) < 4.78 is 0. The Balaban J connectivity index is 0.739. The molecule has 3 N–H and O–H groups in total. The van der Waals surface area contributed by atoms with E-state index in [-0.39, 0.29) is 36.0 Å². The molecule has 3 fully saturated rings. The van der Waals surface area contributed by atoms with Gasteiger partial charge in [-0.3, -0.25) is 39.1 Å². The summed E-state index contributed by atoms with van der Waals surface area (Å²) in [6.07, 6.45) is 15.2. The molecule has 6 amide bonds. The summed E-state index contributed by atoms with van der Waals surface area (Å²) >= 11 is 0. The molecule has 3 saturated heterocycles. The average molecular weight is 833 g/mol. The van der Waals surface area contributed by atoms with Crippen molar-refractivity contribution in [1.29, 1.82) is 0 Å². The molecule has 322 valence electrons. The topological polar surface area (TPSA) is 190 Å². The van der Waals surface area contributed by atoms with Crippen molar-refractivity contribution >= 4 is 53.0 Å². The highest BCUT2D eigenvalue weighted by Gasteiger charge is 2.40. The van der Waals surface area contributed by atoms with Crippen LogP contribution in [0.15, 0.2) is 60.9 Å². The highest BCUT2D eigenvalue weighted by atomic mass is 16.2. The number of anilines is 2. The van der Waals surface area contributed by atoms with Gasteiger partial charge in [0.05, 0.1) is 0 Å². The van der Waals surface area contributed by atoms with Crippen LogP contribution < -0.4 is 20.9 Å². The van der Waals surface area contributed by atoms with Gasteiger partial charge in [-0.25, -0.2) is 0 Å². The number of imide groups is 1. The number of unbranched alkanes of at least 4 members (excludes halogenated alkanes) is 3. The molecule has 4 aliphatic heterocycles. The van der Waals surface area contributed by atoms with Crippen LogP contribution in [0.25, 0.3) is 6.08 Å². The van der Waals surface area contributed by atoms with Crippen LogP contribution >= 0.6 is 0 Å². The molecule has 3 aromatic rings. The number of hydrogen-bond donors (Lipinski definition) is 3. The Morgan fingerprint density at radius 3 is 2.39 bits per heavy atom. The lowest BCUT2D eigenvalue weighted by Gasteiger charge is -2.35. The molecule has 2 aromatic heterocycles. The van der Waals surface area contributed by atoms with Gasteiger partial charge in [0.25, 0.3) is 11.8 Å². The van der Waals surface area contributed by atoms with Gasteiger partial charge in [0, 0.05) is 107 Å². The number of carbonyl (C=O) groups excluding carboxylic acids is 6. The third-order valence-electron chi connectivity index (χ3n) is 12.1. The number of piperazine rings is 1. The van der Waals surface area contributed by atoms with Crippen molar-refractivity contribution in [2.45, 2.75) is 83.2 Å². The van der Waals surface area contributed by atoms with E-state index in [9.17, 15) is 28.8 Å². The molecule has 0 radical (unpaired) electrons. The zero-order chi connectivity index (χ0) is 42.6. The molecule has 61 heavy (non-hydrogen) atoms. The quantitative estimate of drug-likeness (QED) is 0.102. The van der Waals surface area contributed by atoms with Gasteiger partial charge in [-0.15, -0.1) is 10.2 Å². The predicted molar refractivity (Wildman–Crippen MR) is 229 cm³/mol. The number of benzene rings is 1. The van der Waals surface area contributed by atoms with Crippen LogP contribution in [0.5, 0.6) is 0 Å². The fraction of sp³-hybridized carbons (Fsp3) is 0.489. The number of hydrogen-bond acceptors (Lipinski definition) is 11. The molecule has 1 atom stereocenters. The molecule has 0 saturated carbocycles. The van der Waals surface area contributed by atoms with Crippen LogP contribution in [0, 0.1) is 5.92 Å². The SMILES string of the molecule is O=C(/C=C/c1cccnc1)NCCCCC1CCN(C(=O)c2ccc(N3CCN(C(=O)CCCCCNc4cccc5c4CN(C4CCC(=O)NC4=O)C5=O)CC3)nn2)CC1. The Bertz CT molecular complexity index is 2060. The first kappa shape index (κ1) is 42.9. The second-order valence-corrected chi connectivity index (χ2v) is 16.3. The third kappa shape index (κ3) is 11.3. The number of aromatic nitrogens is 3. The molecular weight excluding hydrogens is 777 g/mol. The summed E-state index contributed by atoms with van der Waals surface area (Å²) in [5.41, 5.74) is 3.55. The summed E-state index contributed by atoms with van der Waals surface area (Å²) in [7, 11) is 0. The first-order valence-corrected chi connectivity index (χ1v) is 21.8. The third-order valence-corrected chi connectivity index (χ3v) is 12.1. The van der Waals surface area contributed by atoms with Crippen molar-refractivity contribution in [1.82, 2.24) is 40.5 Å². The Kier molecular flexibility index (Phi) is 14.7. The number of piperidine rings is 2. The van der Waals surface area contributed by atoms with Crippen LogP contribution in [0.3, 0.4) is 0 Å². The van der Waals surface area contributed by atoms with E-state index < -0.39 is 11.9 Å². The summed E-state index contributed by atoms with van der Waals surface area (Å²) in [4.78, 5) is 86.9. The van der Waals surface area contributed by atoms with E-state index in [2.05, 4.69) is 36.0 Å². The maximum Gasteiger partial charge on any atom is 0.274 e. The molecule has 6 heterocycles. The van der Waals surface area contributed by atoms with E-state index in [0.29, 0.717) is 94.7 Å². The number of nitrogens with one attached hydrogen (secondary N) is 3. The number of fused-ring (bicyclic) bond motifs is 1. The van der Waals surface area contributed by atoms with E-state index in [4.69, 9.17) is 0 Å². The molecule has 0 bridgehead atoms. The van der Waals surface area contributed by atoms with E-state index in [1.807, 2.05) is 40.1 Å². The Morgan fingerprint density at radius 2 is 1.64 bits per heavy atom. The molecule has 0 spiro atoms. The van der Waals surface area contributed by atoms with E-state index >= 15 is 0 Å². The van der Waals surface area contributed by atoms with Crippen molar-refractivity contribution in [3.05, 3.63) is 83.3 Å². The summed E-state index contributed by atoms with van der Waals surface area (Å²) in [6, 6.07) is 12.2. The molecule has 16 nitrogen and oxygen atoms in total. The number of nitrogens with zero attached hydrogens (tertiary/aromatic N) is 7. The Hall–Kier alpha value is -6.19. The Labute approximate surface area is 356 Å². The first-order valence-electron chi connectivity index (χ1n) is 21.8. The van der Waals surface area contributed by atoms with Gasteiger partial charge in [0.2, 0.25) is 23.6 Å². The van der Waals surface area contributed by atoms with Gasteiger partial charge in [-0.05, 0) is 86.4 Å². The average Bonchev–Trinajstić information content (AvgIpc) is 3.63. The predicted octanol–water partition coefficient (Wildman–Crippen LogP) is 3.81. The van der Waals surface area contributed by atoms with Gasteiger partial charge in [0.15, 0.2) is 11.5 Å². The van der Waals surface area contributed by atoms with E-state index in [1.165, 1.54) is 6.08 Å². The molecule has 16 heteroatoms. The number of amides is 6. The van der Waals surface area contributed by atoms with Crippen LogP contribution in [0.4, 0.5) is 11.5 Å². The van der Waals surface area contributed by atoms with Crippen LogP contribution in [-0.2, 0) is 25.7 Å². The van der Waals surface area contributed by atoms with Crippen LogP contribution in [0.1, 0.15) is 103 Å². The highest BCUT2D eigenvalue weighted by molar-refractivity contribution is 6.06. The lowest BCUT2D eigenvalue weighted by molar-refractivity contribution is -0.137. The molecular formula is C45H56N10O6. The lowest BCUT2D eigenvalue weighted by atomic mass is 9.91. The molecule has 1 unspecified atom stereocenters. The van der Waals surface area contributed by atoms with Crippen molar-refractivity contribution < 1.29 is 28.8 Å². The van der Waals surface area contributed by atoms with Gasteiger partial charge < -0.3 is 30.2 Å². The monoisotopic (exact) mass is 832 g/mol. The number of carbonyl (C=O) groups is 6. The van der Waals surface area contributed by atoms with Crippen molar-refractivity contribution in [3.8, 4) is 0 Å². The summed E-state index contributed by atoms with van der Waals surface area (Å²) in [5, 5.41) is 17.4. The second-order valence-electron chi connectivity index (χ2n) is 16.3. The van der Waals surface area contributed by atoms with Crippen LogP contribution in [0.2, 0.25) is 0 Å². The van der Waals surface area contributed by atoms with E-state index in [0.717, 1.165) is 68.2 Å². The van der Waals surface area contributed by atoms with Gasteiger partial charge >= 0.3 is 0 Å². The van der Waals surface area contributed by atoms with Gasteiger partial charge in [0.1, 0.15) is 6.04 Å².